The van der Waals surface area contributed by atoms with E-state index in [1.54, 1.807) is 12.1 Å². The summed E-state index contributed by atoms with van der Waals surface area (Å²) in [4.78, 5) is 25.8. The summed E-state index contributed by atoms with van der Waals surface area (Å²) in [5.41, 5.74) is 1.15. The van der Waals surface area contributed by atoms with E-state index in [-0.39, 0.29) is 19.2 Å². The molecule has 7 heteroatoms. The molecule has 0 bridgehead atoms. The number of hydrogen-bond donors (Lipinski definition) is 3. The first kappa shape index (κ1) is 20.2. The lowest BCUT2D eigenvalue weighted by Gasteiger charge is -2.30. The predicted octanol–water partition coefficient (Wildman–Crippen LogP) is 2.02. The zero-order chi connectivity index (χ0) is 21.0. The van der Waals surface area contributed by atoms with Crippen molar-refractivity contribution in [2.24, 2.45) is 0 Å². The minimum absolute atomic E-state index is 0.187. The fourth-order valence-electron chi connectivity index (χ4n) is 4.24. The Labute approximate surface area is 175 Å². The average Bonchev–Trinajstić information content (AvgIpc) is 3.46. The SMILES string of the molecule is O=C(NCc1ccc2c(c1)OCO2)C(CO)NC(=O)C1(c2ccccc2)CCCC1. The fraction of sp³-hybridized carbons (Fsp3) is 0.391. The largest absolute Gasteiger partial charge is 0.454 e. The van der Waals surface area contributed by atoms with Crippen LogP contribution in [0.4, 0.5) is 0 Å². The first-order valence-corrected chi connectivity index (χ1v) is 10.3. The van der Waals surface area contributed by atoms with E-state index in [1.165, 1.54) is 0 Å². The van der Waals surface area contributed by atoms with Gasteiger partial charge in [-0.1, -0.05) is 49.2 Å². The molecule has 1 fully saturated rings. The summed E-state index contributed by atoms with van der Waals surface area (Å²) in [5.74, 6) is 0.682. The average molecular weight is 410 g/mol. The van der Waals surface area contributed by atoms with Gasteiger partial charge in [0, 0.05) is 6.54 Å². The van der Waals surface area contributed by atoms with E-state index >= 15 is 0 Å². The van der Waals surface area contributed by atoms with Crippen molar-refractivity contribution in [1.29, 1.82) is 0 Å². The van der Waals surface area contributed by atoms with Crippen molar-refractivity contribution in [3.8, 4) is 11.5 Å². The minimum atomic E-state index is -1.01. The number of rotatable bonds is 7. The molecule has 2 amide bonds. The van der Waals surface area contributed by atoms with E-state index in [9.17, 15) is 14.7 Å². The molecule has 7 nitrogen and oxygen atoms in total. The fourth-order valence-corrected chi connectivity index (χ4v) is 4.24. The Morgan fingerprint density at radius 3 is 2.50 bits per heavy atom. The smallest absolute Gasteiger partial charge is 0.245 e. The van der Waals surface area contributed by atoms with E-state index in [1.807, 2.05) is 36.4 Å². The van der Waals surface area contributed by atoms with Gasteiger partial charge < -0.3 is 25.2 Å². The Balaban J connectivity index is 1.40. The van der Waals surface area contributed by atoms with Gasteiger partial charge in [-0.25, -0.2) is 0 Å². The highest BCUT2D eigenvalue weighted by molar-refractivity contribution is 5.93. The van der Waals surface area contributed by atoms with Crippen molar-refractivity contribution in [1.82, 2.24) is 10.6 Å². The number of aliphatic hydroxyl groups is 1. The number of nitrogens with one attached hydrogen (secondary N) is 2. The maximum Gasteiger partial charge on any atom is 0.245 e. The molecule has 2 aromatic carbocycles. The normalized spacial score (nSPS) is 17.4. The Kier molecular flexibility index (Phi) is 5.90. The molecule has 4 rings (SSSR count). The zero-order valence-electron chi connectivity index (χ0n) is 16.7. The summed E-state index contributed by atoms with van der Waals surface area (Å²) in [7, 11) is 0. The van der Waals surface area contributed by atoms with Gasteiger partial charge in [-0.2, -0.15) is 0 Å². The molecule has 0 saturated heterocycles. The number of carbonyl (C=O) groups excluding carboxylic acids is 2. The number of hydrogen-bond acceptors (Lipinski definition) is 5. The molecule has 0 spiro atoms. The predicted molar refractivity (Wildman–Crippen MR) is 110 cm³/mol. The van der Waals surface area contributed by atoms with Gasteiger partial charge in [-0.3, -0.25) is 9.59 Å². The second-order valence-corrected chi connectivity index (χ2v) is 7.77. The number of aliphatic hydroxyl groups excluding tert-OH is 1. The number of fused-ring (bicyclic) bond motifs is 1. The van der Waals surface area contributed by atoms with Crippen molar-refractivity contribution in [3.63, 3.8) is 0 Å². The molecule has 2 aliphatic rings. The van der Waals surface area contributed by atoms with Crippen LogP contribution in [-0.2, 0) is 21.5 Å². The van der Waals surface area contributed by atoms with Gasteiger partial charge in [0.25, 0.3) is 0 Å². The lowest BCUT2D eigenvalue weighted by molar-refractivity contribution is -0.133. The molecular formula is C23H26N2O5. The molecule has 1 atom stereocenters. The molecule has 0 aromatic heterocycles. The maximum absolute atomic E-state index is 13.2. The zero-order valence-corrected chi connectivity index (χ0v) is 16.7. The standard InChI is InChI=1S/C23H26N2O5/c26-14-18(21(27)24-13-16-8-9-19-20(12-16)30-15-29-19)25-22(28)23(10-4-5-11-23)17-6-2-1-3-7-17/h1-3,6-9,12,18,26H,4-5,10-11,13-15H2,(H,24,27)(H,25,28). The van der Waals surface area contributed by atoms with Crippen LogP contribution in [0.3, 0.4) is 0 Å². The Morgan fingerprint density at radius 1 is 1.03 bits per heavy atom. The third-order valence-electron chi connectivity index (χ3n) is 5.93. The van der Waals surface area contributed by atoms with Crippen molar-refractivity contribution >= 4 is 11.8 Å². The second-order valence-electron chi connectivity index (χ2n) is 7.77. The topological polar surface area (TPSA) is 96.9 Å². The molecule has 0 radical (unpaired) electrons. The molecular weight excluding hydrogens is 384 g/mol. The van der Waals surface area contributed by atoms with Gasteiger partial charge in [0.15, 0.2) is 11.5 Å². The second kappa shape index (κ2) is 8.75. The van der Waals surface area contributed by atoms with Crippen LogP contribution in [0.15, 0.2) is 48.5 Å². The third kappa shape index (κ3) is 3.98. The summed E-state index contributed by atoms with van der Waals surface area (Å²) in [6.07, 6.45) is 3.39. The lowest BCUT2D eigenvalue weighted by atomic mass is 9.78. The van der Waals surface area contributed by atoms with Gasteiger partial charge in [0.05, 0.1) is 12.0 Å². The van der Waals surface area contributed by atoms with Crippen molar-refractivity contribution in [3.05, 3.63) is 59.7 Å². The highest BCUT2D eigenvalue weighted by Crippen LogP contribution is 2.41. The lowest BCUT2D eigenvalue weighted by Crippen LogP contribution is -2.54. The van der Waals surface area contributed by atoms with E-state index < -0.39 is 24.0 Å². The summed E-state index contributed by atoms with van der Waals surface area (Å²) in [6.45, 7) is -0.0256. The van der Waals surface area contributed by atoms with E-state index in [4.69, 9.17) is 9.47 Å². The Morgan fingerprint density at radius 2 is 1.77 bits per heavy atom. The highest BCUT2D eigenvalue weighted by Gasteiger charge is 2.43. The molecule has 1 heterocycles. The summed E-state index contributed by atoms with van der Waals surface area (Å²) < 4.78 is 10.6. The third-order valence-corrected chi connectivity index (χ3v) is 5.93. The molecule has 1 unspecified atom stereocenters. The van der Waals surface area contributed by atoms with Crippen LogP contribution in [0.1, 0.15) is 36.8 Å². The highest BCUT2D eigenvalue weighted by atomic mass is 16.7. The number of amides is 2. The molecule has 158 valence electrons. The molecule has 1 saturated carbocycles. The van der Waals surface area contributed by atoms with Gasteiger partial charge in [0.2, 0.25) is 18.6 Å². The first-order chi connectivity index (χ1) is 14.6. The van der Waals surface area contributed by atoms with Gasteiger partial charge >= 0.3 is 0 Å². The van der Waals surface area contributed by atoms with E-state index in [0.29, 0.717) is 11.5 Å². The first-order valence-electron chi connectivity index (χ1n) is 10.3. The monoisotopic (exact) mass is 410 g/mol. The number of carbonyl (C=O) groups is 2. The summed E-state index contributed by atoms with van der Waals surface area (Å²) >= 11 is 0. The van der Waals surface area contributed by atoms with Crippen LogP contribution in [0.25, 0.3) is 0 Å². The van der Waals surface area contributed by atoms with Gasteiger partial charge in [0.1, 0.15) is 6.04 Å². The van der Waals surface area contributed by atoms with Crippen LogP contribution in [0.2, 0.25) is 0 Å². The van der Waals surface area contributed by atoms with Crippen LogP contribution in [0, 0.1) is 0 Å². The van der Waals surface area contributed by atoms with Crippen molar-refractivity contribution in [2.75, 3.05) is 13.4 Å². The van der Waals surface area contributed by atoms with Crippen molar-refractivity contribution in [2.45, 2.75) is 43.7 Å². The van der Waals surface area contributed by atoms with Crippen LogP contribution in [-0.4, -0.2) is 36.4 Å². The molecule has 1 aliphatic heterocycles. The molecule has 2 aromatic rings. The number of benzene rings is 2. The van der Waals surface area contributed by atoms with Gasteiger partial charge in [-0.05, 0) is 36.1 Å². The van der Waals surface area contributed by atoms with Gasteiger partial charge in [-0.15, -0.1) is 0 Å². The molecule has 30 heavy (non-hydrogen) atoms. The molecule has 1 aliphatic carbocycles. The van der Waals surface area contributed by atoms with Crippen LogP contribution in [0.5, 0.6) is 11.5 Å². The Hall–Kier alpha value is -3.06. The van der Waals surface area contributed by atoms with E-state index in [2.05, 4.69) is 10.6 Å². The Bertz CT molecular complexity index is 909. The van der Waals surface area contributed by atoms with E-state index in [0.717, 1.165) is 36.8 Å². The minimum Gasteiger partial charge on any atom is -0.454 e. The number of ether oxygens (including phenoxy) is 2. The van der Waals surface area contributed by atoms with Crippen LogP contribution < -0.4 is 20.1 Å². The van der Waals surface area contributed by atoms with Crippen LogP contribution >= 0.6 is 0 Å². The van der Waals surface area contributed by atoms with Crippen molar-refractivity contribution < 1.29 is 24.2 Å². The maximum atomic E-state index is 13.2. The summed E-state index contributed by atoms with van der Waals surface area (Å²) in [5, 5.41) is 15.3. The summed E-state index contributed by atoms with van der Waals surface area (Å²) in [6, 6.07) is 14.1. The quantitative estimate of drug-likeness (QED) is 0.649. The molecule has 3 N–H and O–H groups in total.